The van der Waals surface area contributed by atoms with Crippen LogP contribution in [0.25, 0.3) is 10.9 Å². The van der Waals surface area contributed by atoms with Crippen LogP contribution in [0.5, 0.6) is 0 Å². The smallest absolute Gasteiger partial charge is 0.0743 e. The normalized spacial score (nSPS) is 12.4. The van der Waals surface area contributed by atoms with Gasteiger partial charge in [-0.05, 0) is 23.1 Å². The monoisotopic (exact) mass is 275 g/mol. The molecule has 1 heterocycles. The van der Waals surface area contributed by atoms with Crippen molar-refractivity contribution in [3.05, 3.63) is 41.1 Å². The van der Waals surface area contributed by atoms with Gasteiger partial charge < -0.3 is 0 Å². The van der Waals surface area contributed by atoms with Gasteiger partial charge in [0.05, 0.1) is 5.52 Å². The Morgan fingerprint density at radius 2 is 1.89 bits per heavy atom. The van der Waals surface area contributed by atoms with Gasteiger partial charge in [-0.25, -0.2) is 0 Å². The van der Waals surface area contributed by atoms with Gasteiger partial charge in [-0.15, -0.1) is 11.6 Å². The van der Waals surface area contributed by atoms with E-state index in [9.17, 15) is 0 Å². The van der Waals surface area contributed by atoms with Crippen LogP contribution in [-0.4, -0.2) is 4.98 Å². The van der Waals surface area contributed by atoms with E-state index in [0.717, 1.165) is 11.2 Å². The molecule has 0 aliphatic heterocycles. The summed E-state index contributed by atoms with van der Waals surface area (Å²) in [5, 5.41) is 1.19. The van der Waals surface area contributed by atoms with Crippen LogP contribution in [0.1, 0.15) is 57.4 Å². The zero-order chi connectivity index (χ0) is 14.2. The van der Waals surface area contributed by atoms with Gasteiger partial charge in [-0.3, -0.25) is 4.98 Å². The lowest BCUT2D eigenvalue weighted by Crippen LogP contribution is -2.14. The summed E-state index contributed by atoms with van der Waals surface area (Å²) in [6, 6.07) is 8.55. The summed E-state index contributed by atoms with van der Waals surface area (Å²) < 4.78 is 0. The standard InChI is InChI=1S/C17H22ClN/c1-11(2)13-7-6-8-14-12(10-18)9-15(17(3,4)5)19-16(13)14/h6-9,11H,10H2,1-5H3. The second kappa shape index (κ2) is 5.13. The van der Waals surface area contributed by atoms with E-state index >= 15 is 0 Å². The Kier molecular flexibility index (Phi) is 3.87. The molecule has 0 unspecified atom stereocenters. The van der Waals surface area contributed by atoms with Crippen LogP contribution in [0.3, 0.4) is 0 Å². The Labute approximate surface area is 121 Å². The van der Waals surface area contributed by atoms with Crippen LogP contribution >= 0.6 is 11.6 Å². The number of alkyl halides is 1. The number of pyridine rings is 1. The van der Waals surface area contributed by atoms with Crippen LogP contribution in [-0.2, 0) is 11.3 Å². The van der Waals surface area contributed by atoms with E-state index in [1.807, 2.05) is 0 Å². The molecule has 0 amide bonds. The van der Waals surface area contributed by atoms with Crippen molar-refractivity contribution in [1.82, 2.24) is 4.98 Å². The molecular weight excluding hydrogens is 254 g/mol. The van der Waals surface area contributed by atoms with Crippen molar-refractivity contribution in [2.45, 2.75) is 51.8 Å². The van der Waals surface area contributed by atoms with E-state index in [-0.39, 0.29) is 5.41 Å². The number of hydrogen-bond donors (Lipinski definition) is 0. The molecule has 1 aromatic heterocycles. The lowest BCUT2D eigenvalue weighted by atomic mass is 9.89. The number of benzene rings is 1. The number of para-hydroxylation sites is 1. The van der Waals surface area contributed by atoms with Crippen LogP contribution in [0.2, 0.25) is 0 Å². The highest BCUT2D eigenvalue weighted by Gasteiger charge is 2.19. The minimum Gasteiger partial charge on any atom is -0.252 e. The molecule has 0 saturated heterocycles. The number of rotatable bonds is 2. The molecule has 2 rings (SSSR count). The molecule has 0 aliphatic rings. The van der Waals surface area contributed by atoms with Crippen molar-refractivity contribution in [2.75, 3.05) is 0 Å². The van der Waals surface area contributed by atoms with E-state index < -0.39 is 0 Å². The van der Waals surface area contributed by atoms with E-state index in [1.54, 1.807) is 0 Å². The van der Waals surface area contributed by atoms with Gasteiger partial charge >= 0.3 is 0 Å². The Morgan fingerprint density at radius 1 is 1.21 bits per heavy atom. The topological polar surface area (TPSA) is 12.9 Å². The molecule has 2 heteroatoms. The lowest BCUT2D eigenvalue weighted by Gasteiger charge is -2.21. The summed E-state index contributed by atoms with van der Waals surface area (Å²) in [5.41, 5.74) is 4.75. The second-order valence-electron chi connectivity index (χ2n) is 6.45. The molecular formula is C17H22ClN. The number of halogens is 1. The summed E-state index contributed by atoms with van der Waals surface area (Å²) in [4.78, 5) is 4.92. The van der Waals surface area contributed by atoms with E-state index in [2.05, 4.69) is 58.9 Å². The van der Waals surface area contributed by atoms with Crippen LogP contribution in [0.15, 0.2) is 24.3 Å². The average molecular weight is 276 g/mol. The maximum absolute atomic E-state index is 6.13. The molecule has 1 nitrogen and oxygen atoms in total. The van der Waals surface area contributed by atoms with E-state index in [4.69, 9.17) is 16.6 Å². The number of fused-ring (bicyclic) bond motifs is 1. The Hall–Kier alpha value is -1.08. The third-order valence-corrected chi connectivity index (χ3v) is 3.78. The highest BCUT2D eigenvalue weighted by atomic mass is 35.5. The van der Waals surface area contributed by atoms with Crippen LogP contribution in [0.4, 0.5) is 0 Å². The first-order valence-electron chi connectivity index (χ1n) is 6.83. The van der Waals surface area contributed by atoms with Gasteiger partial charge in [0.25, 0.3) is 0 Å². The van der Waals surface area contributed by atoms with Crippen molar-refractivity contribution >= 4 is 22.5 Å². The average Bonchev–Trinajstić information content (AvgIpc) is 2.35. The molecule has 0 fully saturated rings. The second-order valence-corrected chi connectivity index (χ2v) is 6.72. The maximum atomic E-state index is 6.13. The van der Waals surface area contributed by atoms with Gasteiger partial charge in [0, 0.05) is 22.4 Å². The molecule has 0 aliphatic carbocycles. The van der Waals surface area contributed by atoms with Crippen LogP contribution in [0, 0.1) is 0 Å². The van der Waals surface area contributed by atoms with Gasteiger partial charge in [0.2, 0.25) is 0 Å². The predicted molar refractivity (Wildman–Crippen MR) is 84.1 cm³/mol. The van der Waals surface area contributed by atoms with Crippen molar-refractivity contribution in [3.63, 3.8) is 0 Å². The third kappa shape index (κ3) is 2.76. The lowest BCUT2D eigenvalue weighted by molar-refractivity contribution is 0.570. The third-order valence-electron chi connectivity index (χ3n) is 3.49. The van der Waals surface area contributed by atoms with Gasteiger partial charge in [0.15, 0.2) is 0 Å². The molecule has 102 valence electrons. The summed E-state index contributed by atoms with van der Waals surface area (Å²) in [5.74, 6) is 0.999. The van der Waals surface area contributed by atoms with Crippen molar-refractivity contribution in [2.24, 2.45) is 0 Å². The molecule has 0 atom stereocenters. The van der Waals surface area contributed by atoms with Gasteiger partial charge in [-0.1, -0.05) is 52.8 Å². The molecule has 19 heavy (non-hydrogen) atoms. The SMILES string of the molecule is CC(C)c1cccc2c(CCl)cc(C(C)(C)C)nc12. The molecule has 0 spiro atoms. The number of nitrogens with zero attached hydrogens (tertiary/aromatic N) is 1. The Morgan fingerprint density at radius 3 is 2.42 bits per heavy atom. The van der Waals surface area contributed by atoms with Gasteiger partial charge in [-0.2, -0.15) is 0 Å². The van der Waals surface area contributed by atoms with Crippen molar-refractivity contribution in [3.8, 4) is 0 Å². The molecule has 0 bridgehead atoms. The molecule has 2 aromatic rings. The van der Waals surface area contributed by atoms with E-state index in [1.165, 1.54) is 16.5 Å². The van der Waals surface area contributed by atoms with Crippen molar-refractivity contribution in [1.29, 1.82) is 0 Å². The highest BCUT2D eigenvalue weighted by Crippen LogP contribution is 2.31. The van der Waals surface area contributed by atoms with Crippen LogP contribution < -0.4 is 0 Å². The highest BCUT2D eigenvalue weighted by molar-refractivity contribution is 6.18. The fourth-order valence-corrected chi connectivity index (χ4v) is 2.52. The fourth-order valence-electron chi connectivity index (χ4n) is 2.30. The maximum Gasteiger partial charge on any atom is 0.0743 e. The largest absolute Gasteiger partial charge is 0.252 e. The quantitative estimate of drug-likeness (QED) is 0.669. The summed E-state index contributed by atoms with van der Waals surface area (Å²) in [7, 11) is 0. The van der Waals surface area contributed by atoms with E-state index in [0.29, 0.717) is 11.8 Å². The fraction of sp³-hybridized carbons (Fsp3) is 0.471. The summed E-state index contributed by atoms with van der Waals surface area (Å²) >= 11 is 6.13. The van der Waals surface area contributed by atoms with Crippen molar-refractivity contribution < 1.29 is 0 Å². The summed E-state index contributed by atoms with van der Waals surface area (Å²) in [6.45, 7) is 11.0. The minimum atomic E-state index is 0.0408. The Balaban J connectivity index is 2.82. The molecule has 0 saturated carbocycles. The predicted octanol–water partition coefficient (Wildman–Crippen LogP) is 5.39. The zero-order valence-corrected chi connectivity index (χ0v) is 13.2. The first kappa shape index (κ1) is 14.3. The van der Waals surface area contributed by atoms with Gasteiger partial charge in [0.1, 0.15) is 0 Å². The zero-order valence-electron chi connectivity index (χ0n) is 12.4. The summed E-state index contributed by atoms with van der Waals surface area (Å²) in [6.07, 6.45) is 0. The Bertz CT molecular complexity index is 594. The molecule has 0 radical (unpaired) electrons. The first-order valence-corrected chi connectivity index (χ1v) is 7.37. The minimum absolute atomic E-state index is 0.0408. The molecule has 0 N–H and O–H groups in total. The molecule has 1 aromatic carbocycles. The number of hydrogen-bond acceptors (Lipinski definition) is 1. The number of aromatic nitrogens is 1. The first-order chi connectivity index (χ1) is 8.84.